The van der Waals surface area contributed by atoms with Gasteiger partial charge in [-0.15, -0.1) is 0 Å². The van der Waals surface area contributed by atoms with Crippen LogP contribution in [0.5, 0.6) is 0 Å². The Balaban J connectivity index is 2.26. The Kier molecular flexibility index (Phi) is 6.37. The van der Waals surface area contributed by atoms with Gasteiger partial charge in [0.1, 0.15) is 0 Å². The Morgan fingerprint density at radius 2 is 2.38 bits per heavy atom. The first-order chi connectivity index (χ1) is 7.74. The lowest BCUT2D eigenvalue weighted by atomic mass is 10.1. The monoisotopic (exact) mass is 231 g/mol. The maximum atomic E-state index is 10.7. The van der Waals surface area contributed by atoms with Crippen LogP contribution in [0.1, 0.15) is 19.3 Å². The molecule has 1 heterocycles. The van der Waals surface area contributed by atoms with Gasteiger partial charge in [-0.3, -0.25) is 9.69 Å². The van der Waals surface area contributed by atoms with E-state index in [0.29, 0.717) is 13.2 Å². The molecule has 0 radical (unpaired) electrons. The topological polar surface area (TPSA) is 59.0 Å². The number of hydrogen-bond donors (Lipinski definition) is 1. The van der Waals surface area contributed by atoms with Gasteiger partial charge in [-0.25, -0.2) is 0 Å². The van der Waals surface area contributed by atoms with Gasteiger partial charge in [0.05, 0.1) is 19.6 Å². The molecule has 0 saturated carbocycles. The van der Waals surface area contributed by atoms with Crippen molar-refractivity contribution in [3.8, 4) is 0 Å². The summed E-state index contributed by atoms with van der Waals surface area (Å²) >= 11 is 0. The molecule has 16 heavy (non-hydrogen) atoms. The number of nitrogens with zero attached hydrogens (tertiary/aromatic N) is 1. The van der Waals surface area contributed by atoms with Crippen molar-refractivity contribution in [2.75, 3.05) is 40.0 Å². The highest BCUT2D eigenvalue weighted by molar-refractivity contribution is 5.67. The first kappa shape index (κ1) is 13.4. The van der Waals surface area contributed by atoms with Crippen LogP contribution in [0.25, 0.3) is 0 Å². The fraction of sp³-hybridized carbons (Fsp3) is 0.909. The third-order valence-corrected chi connectivity index (χ3v) is 2.80. The van der Waals surface area contributed by atoms with Crippen LogP contribution in [-0.2, 0) is 14.3 Å². The van der Waals surface area contributed by atoms with Gasteiger partial charge in [0.2, 0.25) is 0 Å². The number of carboxylic acids is 1. The molecule has 0 spiro atoms. The van der Waals surface area contributed by atoms with E-state index in [1.54, 1.807) is 7.11 Å². The molecule has 1 saturated heterocycles. The summed E-state index contributed by atoms with van der Waals surface area (Å²) in [4.78, 5) is 12.9. The summed E-state index contributed by atoms with van der Waals surface area (Å²) in [5, 5.41) is 8.79. The Labute approximate surface area is 96.3 Å². The second kappa shape index (κ2) is 7.60. The highest BCUT2D eigenvalue weighted by atomic mass is 16.5. The molecular formula is C11H21NO4. The third kappa shape index (κ3) is 4.92. The van der Waals surface area contributed by atoms with Crippen molar-refractivity contribution in [2.24, 2.45) is 0 Å². The van der Waals surface area contributed by atoms with Crippen LogP contribution in [0.3, 0.4) is 0 Å². The molecule has 1 atom stereocenters. The molecule has 0 bridgehead atoms. The summed E-state index contributed by atoms with van der Waals surface area (Å²) in [7, 11) is 1.70. The van der Waals surface area contributed by atoms with Gasteiger partial charge in [0.25, 0.3) is 0 Å². The maximum Gasteiger partial charge on any atom is 0.305 e. The molecule has 5 heteroatoms. The Bertz CT molecular complexity index is 210. The predicted octanol–water partition coefficient (Wildman–Crippen LogP) is 0.589. The van der Waals surface area contributed by atoms with Gasteiger partial charge in [0, 0.05) is 26.3 Å². The molecule has 0 aromatic carbocycles. The van der Waals surface area contributed by atoms with E-state index in [4.69, 9.17) is 14.6 Å². The second-order valence-electron chi connectivity index (χ2n) is 4.06. The Morgan fingerprint density at radius 3 is 3.06 bits per heavy atom. The lowest BCUT2D eigenvalue weighted by Crippen LogP contribution is -2.46. The molecule has 0 aromatic rings. The highest BCUT2D eigenvalue weighted by Crippen LogP contribution is 2.11. The van der Waals surface area contributed by atoms with E-state index < -0.39 is 5.97 Å². The fourth-order valence-electron chi connectivity index (χ4n) is 1.93. The first-order valence-corrected chi connectivity index (χ1v) is 5.76. The maximum absolute atomic E-state index is 10.7. The minimum Gasteiger partial charge on any atom is -0.481 e. The zero-order chi connectivity index (χ0) is 11.8. The number of morpholine rings is 1. The van der Waals surface area contributed by atoms with E-state index in [1.165, 1.54) is 0 Å². The number of carbonyl (C=O) groups is 1. The van der Waals surface area contributed by atoms with Crippen LogP contribution in [0.4, 0.5) is 0 Å². The molecule has 94 valence electrons. The van der Waals surface area contributed by atoms with E-state index in [9.17, 15) is 4.79 Å². The molecule has 1 aliphatic heterocycles. The molecule has 1 rings (SSSR count). The van der Waals surface area contributed by atoms with Gasteiger partial charge in [-0.2, -0.15) is 0 Å². The fourth-order valence-corrected chi connectivity index (χ4v) is 1.93. The molecule has 1 N–H and O–H groups in total. The molecule has 1 aliphatic rings. The normalized spacial score (nSPS) is 22.2. The van der Waals surface area contributed by atoms with Gasteiger partial charge in [0.15, 0.2) is 0 Å². The minimum atomic E-state index is -0.752. The number of ether oxygens (including phenoxy) is 2. The molecule has 1 unspecified atom stereocenters. The highest BCUT2D eigenvalue weighted by Gasteiger charge is 2.24. The lowest BCUT2D eigenvalue weighted by molar-refractivity contribution is -0.140. The van der Waals surface area contributed by atoms with Crippen LogP contribution in [0.15, 0.2) is 0 Å². The third-order valence-electron chi connectivity index (χ3n) is 2.80. The van der Waals surface area contributed by atoms with E-state index in [1.807, 2.05) is 0 Å². The predicted molar refractivity (Wildman–Crippen MR) is 59.5 cm³/mol. The smallest absolute Gasteiger partial charge is 0.305 e. The van der Waals surface area contributed by atoms with Crippen molar-refractivity contribution in [3.63, 3.8) is 0 Å². The van der Waals surface area contributed by atoms with Gasteiger partial charge >= 0.3 is 5.97 Å². The molecular weight excluding hydrogens is 210 g/mol. The standard InChI is InChI=1S/C11H21NO4/c1-15-6-3-2-4-12-5-7-16-9-10(12)8-11(13)14/h10H,2-9H2,1H3,(H,13,14). The van der Waals surface area contributed by atoms with Crippen molar-refractivity contribution in [1.29, 1.82) is 0 Å². The Morgan fingerprint density at radius 1 is 1.56 bits per heavy atom. The minimum absolute atomic E-state index is 0.0359. The number of rotatable bonds is 7. The van der Waals surface area contributed by atoms with Crippen molar-refractivity contribution < 1.29 is 19.4 Å². The summed E-state index contributed by atoms with van der Waals surface area (Å²) in [5.41, 5.74) is 0. The average Bonchev–Trinajstić information content (AvgIpc) is 2.26. The first-order valence-electron chi connectivity index (χ1n) is 5.76. The molecule has 1 fully saturated rings. The number of aliphatic carboxylic acids is 1. The summed E-state index contributed by atoms with van der Waals surface area (Å²) in [6.07, 6.45) is 2.24. The molecule has 0 aliphatic carbocycles. The van der Waals surface area contributed by atoms with E-state index in [2.05, 4.69) is 4.90 Å². The number of methoxy groups -OCH3 is 1. The van der Waals surface area contributed by atoms with Crippen LogP contribution < -0.4 is 0 Å². The van der Waals surface area contributed by atoms with Crippen LogP contribution >= 0.6 is 0 Å². The molecule has 0 aromatic heterocycles. The van der Waals surface area contributed by atoms with Crippen LogP contribution in [-0.4, -0.2) is 62.0 Å². The van der Waals surface area contributed by atoms with Crippen molar-refractivity contribution in [2.45, 2.75) is 25.3 Å². The summed E-state index contributed by atoms with van der Waals surface area (Å²) in [6.45, 7) is 3.79. The SMILES string of the molecule is COCCCCN1CCOCC1CC(=O)O. The summed E-state index contributed by atoms with van der Waals surface area (Å²) < 4.78 is 10.3. The largest absolute Gasteiger partial charge is 0.481 e. The van der Waals surface area contributed by atoms with Crippen LogP contribution in [0.2, 0.25) is 0 Å². The average molecular weight is 231 g/mol. The van der Waals surface area contributed by atoms with E-state index >= 15 is 0 Å². The second-order valence-corrected chi connectivity index (χ2v) is 4.06. The van der Waals surface area contributed by atoms with Crippen molar-refractivity contribution in [3.05, 3.63) is 0 Å². The van der Waals surface area contributed by atoms with Crippen molar-refractivity contribution >= 4 is 5.97 Å². The van der Waals surface area contributed by atoms with E-state index in [-0.39, 0.29) is 12.5 Å². The van der Waals surface area contributed by atoms with Gasteiger partial charge in [-0.1, -0.05) is 0 Å². The summed E-state index contributed by atoms with van der Waals surface area (Å²) in [6, 6.07) is 0.0359. The number of hydrogen-bond acceptors (Lipinski definition) is 4. The Hall–Kier alpha value is -0.650. The van der Waals surface area contributed by atoms with Gasteiger partial charge < -0.3 is 14.6 Å². The van der Waals surface area contributed by atoms with E-state index in [0.717, 1.165) is 32.5 Å². The van der Waals surface area contributed by atoms with Crippen molar-refractivity contribution in [1.82, 2.24) is 4.90 Å². The zero-order valence-electron chi connectivity index (χ0n) is 9.85. The molecule has 0 amide bonds. The van der Waals surface area contributed by atoms with Gasteiger partial charge in [-0.05, 0) is 19.4 Å². The number of carboxylic acid groups (broad SMARTS) is 1. The summed E-state index contributed by atoms with van der Waals surface area (Å²) in [5.74, 6) is -0.752. The quantitative estimate of drug-likeness (QED) is 0.650. The zero-order valence-corrected chi connectivity index (χ0v) is 9.85. The lowest BCUT2D eigenvalue weighted by Gasteiger charge is -2.34. The molecule has 5 nitrogen and oxygen atoms in total. The van der Waals surface area contributed by atoms with Crippen LogP contribution in [0, 0.1) is 0 Å². The number of unbranched alkanes of at least 4 members (excludes halogenated alkanes) is 1.